The summed E-state index contributed by atoms with van der Waals surface area (Å²) >= 11 is 0. The molecule has 11 unspecified atom stereocenters. The minimum atomic E-state index is 0.513. The Morgan fingerprint density at radius 3 is 1.45 bits per heavy atom. The van der Waals surface area contributed by atoms with Crippen LogP contribution < -0.4 is 0 Å². The van der Waals surface area contributed by atoms with Crippen molar-refractivity contribution in [2.45, 2.75) is 229 Å². The van der Waals surface area contributed by atoms with Crippen LogP contribution in [0.3, 0.4) is 0 Å². The van der Waals surface area contributed by atoms with Gasteiger partial charge in [-0.15, -0.1) is 0 Å². The zero-order valence-corrected chi connectivity index (χ0v) is 31.6. The SMILES string of the molecule is C1CCC(C2CCC(N(C3CCC(C4CCCCC4)CC3)C3CCCC4C3OC3C4C4CCCCC4C4OC5CCCCC5C43)CC2)CC1. The van der Waals surface area contributed by atoms with Gasteiger partial charge in [0.15, 0.2) is 0 Å². The Bertz CT molecular complexity index is 1040. The molecule has 8 aliphatic carbocycles. The molecule has 0 spiro atoms. The van der Waals surface area contributed by atoms with Gasteiger partial charge in [-0.2, -0.15) is 0 Å². The van der Waals surface area contributed by atoms with Crippen LogP contribution in [-0.2, 0) is 9.47 Å². The summed E-state index contributed by atoms with van der Waals surface area (Å²) in [4.78, 5) is 3.33. The molecule has 2 aliphatic heterocycles. The first-order valence-corrected chi connectivity index (χ1v) is 23.4. The summed E-state index contributed by atoms with van der Waals surface area (Å²) in [5.41, 5.74) is 0. The van der Waals surface area contributed by atoms with Crippen molar-refractivity contribution in [1.82, 2.24) is 4.90 Å². The van der Waals surface area contributed by atoms with E-state index < -0.39 is 0 Å². The van der Waals surface area contributed by atoms with Gasteiger partial charge in [-0.1, -0.05) is 96.3 Å². The van der Waals surface area contributed by atoms with Crippen molar-refractivity contribution < 1.29 is 9.47 Å². The molecule has 2 saturated heterocycles. The van der Waals surface area contributed by atoms with Crippen LogP contribution in [0.4, 0.5) is 0 Å². The third-order valence-electron chi connectivity index (χ3n) is 18.5. The first-order chi connectivity index (χ1) is 24.3. The van der Waals surface area contributed by atoms with Crippen LogP contribution in [-0.4, -0.2) is 47.4 Å². The molecule has 0 aromatic heterocycles. The van der Waals surface area contributed by atoms with E-state index in [0.29, 0.717) is 36.4 Å². The number of rotatable bonds is 5. The quantitative estimate of drug-likeness (QED) is 0.290. The van der Waals surface area contributed by atoms with Crippen LogP contribution in [0.1, 0.15) is 186 Å². The van der Waals surface area contributed by atoms with E-state index >= 15 is 0 Å². The van der Waals surface area contributed by atoms with Gasteiger partial charge in [-0.05, 0) is 143 Å². The van der Waals surface area contributed by atoms with E-state index in [4.69, 9.17) is 9.47 Å². The minimum Gasteiger partial charge on any atom is -0.374 e. The second-order valence-electron chi connectivity index (χ2n) is 20.5. The highest BCUT2D eigenvalue weighted by molar-refractivity contribution is 5.14. The normalized spacial score (nSPS) is 51.0. The molecule has 0 aromatic rings. The minimum absolute atomic E-state index is 0.513. The molecule has 0 radical (unpaired) electrons. The fourth-order valence-corrected chi connectivity index (χ4v) is 16.5. The molecular weight excluding hydrogens is 599 g/mol. The summed E-state index contributed by atoms with van der Waals surface area (Å²) in [6.07, 6.45) is 45.3. The van der Waals surface area contributed by atoms with Crippen LogP contribution in [0.2, 0.25) is 0 Å². The van der Waals surface area contributed by atoms with Crippen molar-refractivity contribution >= 4 is 0 Å². The van der Waals surface area contributed by atoms with Crippen LogP contribution in [0.15, 0.2) is 0 Å². The van der Waals surface area contributed by atoms with Gasteiger partial charge in [0.05, 0.1) is 24.4 Å². The molecule has 8 saturated carbocycles. The predicted molar refractivity (Wildman–Crippen MR) is 199 cm³/mol. The van der Waals surface area contributed by atoms with Crippen molar-refractivity contribution in [3.63, 3.8) is 0 Å². The fraction of sp³-hybridized carbons (Fsp3) is 1.00. The van der Waals surface area contributed by atoms with Gasteiger partial charge in [-0.25, -0.2) is 0 Å². The summed E-state index contributed by atoms with van der Waals surface area (Å²) in [5, 5.41) is 0. The second-order valence-corrected chi connectivity index (χ2v) is 20.5. The maximum atomic E-state index is 7.87. The third-order valence-corrected chi connectivity index (χ3v) is 18.5. The lowest BCUT2D eigenvalue weighted by atomic mass is 9.54. The topological polar surface area (TPSA) is 21.7 Å². The highest BCUT2D eigenvalue weighted by Crippen LogP contribution is 2.63. The summed E-state index contributed by atoms with van der Waals surface area (Å²) in [6, 6.07) is 2.36. The first kappa shape index (κ1) is 33.4. The summed E-state index contributed by atoms with van der Waals surface area (Å²) in [6.45, 7) is 0. The molecule has 3 heteroatoms. The third kappa shape index (κ3) is 6.16. The molecular formula is C46H75NO2. The Morgan fingerprint density at radius 1 is 0.306 bits per heavy atom. The Kier molecular flexibility index (Phi) is 9.97. The molecule has 0 amide bonds. The lowest BCUT2D eigenvalue weighted by Gasteiger charge is -2.53. The van der Waals surface area contributed by atoms with E-state index in [1.165, 1.54) is 161 Å². The van der Waals surface area contributed by atoms with Gasteiger partial charge in [-0.3, -0.25) is 4.90 Å². The summed E-state index contributed by atoms with van der Waals surface area (Å²) < 4.78 is 15.1. The maximum Gasteiger partial charge on any atom is 0.0766 e. The highest BCUT2D eigenvalue weighted by atomic mass is 16.5. The number of hydrogen-bond donors (Lipinski definition) is 0. The number of fused-ring (bicyclic) bond motifs is 10. The van der Waals surface area contributed by atoms with Crippen LogP contribution in [0, 0.1) is 59.2 Å². The van der Waals surface area contributed by atoms with Crippen LogP contribution >= 0.6 is 0 Å². The first-order valence-electron chi connectivity index (χ1n) is 23.4. The molecule has 276 valence electrons. The molecule has 49 heavy (non-hydrogen) atoms. The van der Waals surface area contributed by atoms with Gasteiger partial charge in [0, 0.05) is 24.0 Å². The number of nitrogens with zero attached hydrogens (tertiary/aromatic N) is 1. The van der Waals surface area contributed by atoms with E-state index in [9.17, 15) is 0 Å². The van der Waals surface area contributed by atoms with Gasteiger partial charge < -0.3 is 9.47 Å². The zero-order valence-electron chi connectivity index (χ0n) is 31.6. The Morgan fingerprint density at radius 2 is 0.816 bits per heavy atom. The standard InChI is InChI=1S/C46H75NO2/c1-3-12-30(13-4-1)32-22-26-34(27-23-32)47(35-28-24-33(25-29-35)31-14-5-2-6-15-31)40-20-11-19-39-42-36-16-7-8-17-37(36)45-43(46(42)49-44(39)40)38-18-9-10-21-41(38)48-45/h30-46H,1-29H2. The van der Waals surface area contributed by atoms with Crippen LogP contribution in [0.5, 0.6) is 0 Å². The van der Waals surface area contributed by atoms with Crippen molar-refractivity contribution in [3.05, 3.63) is 0 Å². The highest BCUT2D eigenvalue weighted by Gasteiger charge is 2.66. The van der Waals surface area contributed by atoms with Crippen molar-refractivity contribution in [2.24, 2.45) is 59.2 Å². The predicted octanol–water partition coefficient (Wildman–Crippen LogP) is 11.5. The smallest absolute Gasteiger partial charge is 0.0766 e. The molecule has 11 atom stereocenters. The molecule has 10 rings (SSSR count). The van der Waals surface area contributed by atoms with Gasteiger partial charge in [0.1, 0.15) is 0 Å². The second kappa shape index (κ2) is 14.6. The molecule has 3 nitrogen and oxygen atoms in total. The molecule has 10 aliphatic rings. The Labute approximate surface area is 301 Å². The van der Waals surface area contributed by atoms with Crippen molar-refractivity contribution in [2.75, 3.05) is 0 Å². The van der Waals surface area contributed by atoms with Gasteiger partial charge in [0.25, 0.3) is 0 Å². The molecule has 0 aromatic carbocycles. The van der Waals surface area contributed by atoms with Crippen LogP contribution in [0.25, 0.3) is 0 Å². The van der Waals surface area contributed by atoms with Crippen molar-refractivity contribution in [1.29, 1.82) is 0 Å². The van der Waals surface area contributed by atoms with Crippen molar-refractivity contribution in [3.8, 4) is 0 Å². The van der Waals surface area contributed by atoms with E-state index in [2.05, 4.69) is 4.90 Å². The average molecular weight is 674 g/mol. The molecule has 0 N–H and O–H groups in total. The lowest BCUT2D eigenvalue weighted by molar-refractivity contribution is -0.131. The molecule has 0 bridgehead atoms. The average Bonchev–Trinajstić information content (AvgIpc) is 3.76. The monoisotopic (exact) mass is 674 g/mol. The maximum absolute atomic E-state index is 7.87. The van der Waals surface area contributed by atoms with E-state index in [-0.39, 0.29) is 0 Å². The number of hydrogen-bond acceptors (Lipinski definition) is 3. The molecule has 2 heterocycles. The fourth-order valence-electron chi connectivity index (χ4n) is 16.5. The van der Waals surface area contributed by atoms with E-state index in [1.54, 1.807) is 25.7 Å². The largest absolute Gasteiger partial charge is 0.374 e. The van der Waals surface area contributed by atoms with Gasteiger partial charge in [0.2, 0.25) is 0 Å². The number of ether oxygens (including phenoxy) is 2. The van der Waals surface area contributed by atoms with E-state index in [0.717, 1.165) is 65.3 Å². The van der Waals surface area contributed by atoms with E-state index in [1.807, 2.05) is 0 Å². The summed E-state index contributed by atoms with van der Waals surface area (Å²) in [7, 11) is 0. The summed E-state index contributed by atoms with van der Waals surface area (Å²) in [5.74, 6) is 9.11. The lowest BCUT2D eigenvalue weighted by Crippen LogP contribution is -2.58. The van der Waals surface area contributed by atoms with Gasteiger partial charge >= 0.3 is 0 Å². The molecule has 10 fully saturated rings. The zero-order chi connectivity index (χ0) is 32.3. The Hall–Kier alpha value is -0.120. The Balaban J connectivity index is 0.920.